The van der Waals surface area contributed by atoms with Crippen molar-refractivity contribution in [3.63, 3.8) is 0 Å². The summed E-state index contributed by atoms with van der Waals surface area (Å²) in [6.45, 7) is 5.54. The highest BCUT2D eigenvalue weighted by Crippen LogP contribution is 2.08. The number of aryl methyl sites for hydroxylation is 2. The second-order valence-corrected chi connectivity index (χ2v) is 3.72. The van der Waals surface area contributed by atoms with Crippen molar-refractivity contribution < 1.29 is 4.39 Å². The molecule has 0 heterocycles. The fourth-order valence-electron chi connectivity index (χ4n) is 1.60. The van der Waals surface area contributed by atoms with E-state index in [0.29, 0.717) is 6.42 Å². The molecule has 0 unspecified atom stereocenters. The van der Waals surface area contributed by atoms with Gasteiger partial charge in [0.15, 0.2) is 0 Å². The minimum atomic E-state index is -0.236. The van der Waals surface area contributed by atoms with Gasteiger partial charge in [-0.25, -0.2) is 0 Å². The molecule has 0 aliphatic carbocycles. The Bertz CT molecular complexity index is 263. The third-order valence-electron chi connectivity index (χ3n) is 2.10. The summed E-state index contributed by atoms with van der Waals surface area (Å²) >= 11 is 0. The molecule has 1 aromatic rings. The molecule has 0 aliphatic heterocycles. The first-order valence-corrected chi connectivity index (χ1v) is 5.06. The Labute approximate surface area is 85.3 Å². The highest BCUT2D eigenvalue weighted by Gasteiger charge is 1.95. The van der Waals surface area contributed by atoms with Crippen LogP contribution in [0.5, 0.6) is 0 Å². The van der Waals surface area contributed by atoms with Crippen molar-refractivity contribution in [1.82, 2.24) is 5.32 Å². The van der Waals surface area contributed by atoms with Crippen molar-refractivity contribution in [2.75, 3.05) is 13.2 Å². The molecule has 78 valence electrons. The SMILES string of the molecule is Cc1cc(C)cc(CNCCCF)c1. The van der Waals surface area contributed by atoms with Gasteiger partial charge in [-0.05, 0) is 32.4 Å². The van der Waals surface area contributed by atoms with Crippen LogP contribution in [-0.2, 0) is 6.54 Å². The van der Waals surface area contributed by atoms with Crippen LogP contribution in [0.15, 0.2) is 18.2 Å². The normalized spacial score (nSPS) is 10.5. The number of alkyl halides is 1. The fraction of sp³-hybridized carbons (Fsp3) is 0.500. The minimum absolute atomic E-state index is 0.236. The number of hydrogen-bond donors (Lipinski definition) is 1. The zero-order valence-corrected chi connectivity index (χ0v) is 8.94. The molecule has 14 heavy (non-hydrogen) atoms. The Kier molecular flexibility index (Phi) is 4.60. The number of hydrogen-bond acceptors (Lipinski definition) is 1. The molecular formula is C12H18FN. The number of nitrogens with one attached hydrogen (secondary N) is 1. The summed E-state index contributed by atoms with van der Waals surface area (Å²) in [6, 6.07) is 6.48. The Morgan fingerprint density at radius 2 is 1.79 bits per heavy atom. The smallest absolute Gasteiger partial charge is 0.0906 e. The lowest BCUT2D eigenvalue weighted by atomic mass is 10.1. The zero-order valence-electron chi connectivity index (χ0n) is 8.94. The Morgan fingerprint density at radius 3 is 2.36 bits per heavy atom. The molecule has 0 radical (unpaired) electrons. The van der Waals surface area contributed by atoms with Crippen molar-refractivity contribution in [3.8, 4) is 0 Å². The van der Waals surface area contributed by atoms with Gasteiger partial charge in [0.2, 0.25) is 0 Å². The van der Waals surface area contributed by atoms with Gasteiger partial charge in [0, 0.05) is 6.54 Å². The highest BCUT2D eigenvalue weighted by atomic mass is 19.1. The molecule has 1 rings (SSSR count). The zero-order chi connectivity index (χ0) is 10.4. The largest absolute Gasteiger partial charge is 0.313 e. The monoisotopic (exact) mass is 195 g/mol. The van der Waals surface area contributed by atoms with Crippen LogP contribution in [-0.4, -0.2) is 13.2 Å². The van der Waals surface area contributed by atoms with Gasteiger partial charge < -0.3 is 5.32 Å². The van der Waals surface area contributed by atoms with Gasteiger partial charge in [0.1, 0.15) is 0 Å². The second-order valence-electron chi connectivity index (χ2n) is 3.72. The summed E-state index contributed by atoms with van der Waals surface area (Å²) < 4.78 is 11.8. The van der Waals surface area contributed by atoms with E-state index in [9.17, 15) is 4.39 Å². The first-order valence-electron chi connectivity index (χ1n) is 5.06. The van der Waals surface area contributed by atoms with E-state index in [4.69, 9.17) is 0 Å². The number of rotatable bonds is 5. The van der Waals surface area contributed by atoms with Crippen LogP contribution in [0.2, 0.25) is 0 Å². The maximum atomic E-state index is 11.8. The Hall–Kier alpha value is -0.890. The standard InChI is InChI=1S/C12H18FN/c1-10-6-11(2)8-12(7-10)9-14-5-3-4-13/h6-8,14H,3-5,9H2,1-2H3. The molecule has 0 atom stereocenters. The molecule has 0 saturated heterocycles. The maximum Gasteiger partial charge on any atom is 0.0906 e. The molecule has 0 amide bonds. The summed E-state index contributed by atoms with van der Waals surface area (Å²) in [5, 5.41) is 3.22. The summed E-state index contributed by atoms with van der Waals surface area (Å²) in [5.74, 6) is 0. The van der Waals surface area contributed by atoms with Crippen molar-refractivity contribution >= 4 is 0 Å². The van der Waals surface area contributed by atoms with Gasteiger partial charge >= 0.3 is 0 Å². The van der Waals surface area contributed by atoms with E-state index in [2.05, 4.69) is 37.4 Å². The van der Waals surface area contributed by atoms with Gasteiger partial charge in [-0.1, -0.05) is 29.3 Å². The summed E-state index contributed by atoms with van der Waals surface area (Å²) in [6.07, 6.45) is 0.602. The summed E-state index contributed by atoms with van der Waals surface area (Å²) in [4.78, 5) is 0. The third kappa shape index (κ3) is 3.88. The lowest BCUT2D eigenvalue weighted by Crippen LogP contribution is -2.15. The summed E-state index contributed by atoms with van der Waals surface area (Å²) in [5.41, 5.74) is 3.85. The van der Waals surface area contributed by atoms with Crippen LogP contribution in [0.3, 0.4) is 0 Å². The molecule has 0 aromatic heterocycles. The van der Waals surface area contributed by atoms with Gasteiger partial charge in [0.05, 0.1) is 6.67 Å². The first kappa shape index (κ1) is 11.2. The van der Waals surface area contributed by atoms with Crippen molar-refractivity contribution in [1.29, 1.82) is 0 Å². The molecule has 0 aliphatic rings. The van der Waals surface area contributed by atoms with Gasteiger partial charge in [-0.2, -0.15) is 0 Å². The molecule has 1 aromatic carbocycles. The molecule has 0 spiro atoms. The predicted octanol–water partition coefficient (Wildman–Crippen LogP) is 2.75. The van der Waals surface area contributed by atoms with Gasteiger partial charge in [-0.3, -0.25) is 4.39 Å². The number of halogens is 1. The predicted molar refractivity (Wildman–Crippen MR) is 58.2 cm³/mol. The van der Waals surface area contributed by atoms with Crippen molar-refractivity contribution in [2.24, 2.45) is 0 Å². The lowest BCUT2D eigenvalue weighted by Gasteiger charge is -2.06. The van der Waals surface area contributed by atoms with Gasteiger partial charge in [0.25, 0.3) is 0 Å². The van der Waals surface area contributed by atoms with Crippen LogP contribution in [0.4, 0.5) is 4.39 Å². The first-order chi connectivity index (χ1) is 6.72. The van der Waals surface area contributed by atoms with Crippen molar-refractivity contribution in [3.05, 3.63) is 34.9 Å². The molecular weight excluding hydrogens is 177 g/mol. The molecule has 0 saturated carbocycles. The van der Waals surface area contributed by atoms with E-state index in [0.717, 1.165) is 13.1 Å². The van der Waals surface area contributed by atoms with Crippen LogP contribution in [0, 0.1) is 13.8 Å². The van der Waals surface area contributed by atoms with Crippen LogP contribution in [0.1, 0.15) is 23.1 Å². The molecule has 1 N–H and O–H groups in total. The van der Waals surface area contributed by atoms with E-state index in [1.807, 2.05) is 0 Å². The van der Waals surface area contributed by atoms with E-state index in [1.54, 1.807) is 0 Å². The topological polar surface area (TPSA) is 12.0 Å². The Balaban J connectivity index is 2.42. The van der Waals surface area contributed by atoms with E-state index >= 15 is 0 Å². The van der Waals surface area contributed by atoms with Gasteiger partial charge in [-0.15, -0.1) is 0 Å². The summed E-state index contributed by atoms with van der Waals surface area (Å²) in [7, 11) is 0. The maximum absolute atomic E-state index is 11.8. The molecule has 2 heteroatoms. The molecule has 0 fully saturated rings. The van der Waals surface area contributed by atoms with Crippen LogP contribution in [0.25, 0.3) is 0 Å². The molecule has 1 nitrogen and oxygen atoms in total. The highest BCUT2D eigenvalue weighted by molar-refractivity contribution is 5.28. The quantitative estimate of drug-likeness (QED) is 0.712. The van der Waals surface area contributed by atoms with E-state index in [-0.39, 0.29) is 6.67 Å². The second kappa shape index (κ2) is 5.76. The lowest BCUT2D eigenvalue weighted by molar-refractivity contribution is 0.459. The average Bonchev–Trinajstić information content (AvgIpc) is 2.11. The average molecular weight is 195 g/mol. The minimum Gasteiger partial charge on any atom is -0.313 e. The Morgan fingerprint density at radius 1 is 1.14 bits per heavy atom. The van der Waals surface area contributed by atoms with E-state index in [1.165, 1.54) is 16.7 Å². The third-order valence-corrected chi connectivity index (χ3v) is 2.10. The number of benzene rings is 1. The van der Waals surface area contributed by atoms with Crippen LogP contribution < -0.4 is 5.32 Å². The fourth-order valence-corrected chi connectivity index (χ4v) is 1.60. The van der Waals surface area contributed by atoms with Crippen molar-refractivity contribution in [2.45, 2.75) is 26.8 Å². The van der Waals surface area contributed by atoms with E-state index < -0.39 is 0 Å². The van der Waals surface area contributed by atoms with Crippen LogP contribution >= 0.6 is 0 Å². The molecule has 0 bridgehead atoms.